The van der Waals surface area contributed by atoms with E-state index < -0.39 is 17.7 Å². The zero-order valence-electron chi connectivity index (χ0n) is 14.2. The summed E-state index contributed by atoms with van der Waals surface area (Å²) in [6.45, 7) is 4.30. The van der Waals surface area contributed by atoms with Gasteiger partial charge in [0.15, 0.2) is 5.57 Å². The lowest BCUT2D eigenvalue weighted by molar-refractivity contribution is -0.222. The summed E-state index contributed by atoms with van der Waals surface area (Å²) < 4.78 is 10.0. The third kappa shape index (κ3) is 3.42. The molecule has 2 fully saturated rings. The molecule has 132 valence electrons. The fourth-order valence-electron chi connectivity index (χ4n) is 2.56. The Morgan fingerprint density at radius 3 is 2.16 bits per heavy atom. The van der Waals surface area contributed by atoms with Crippen LogP contribution in [0.1, 0.15) is 13.8 Å². The molecule has 0 spiro atoms. The van der Waals surface area contributed by atoms with Gasteiger partial charge in [-0.05, 0) is 24.3 Å². The van der Waals surface area contributed by atoms with Gasteiger partial charge < -0.3 is 19.7 Å². The topological polar surface area (TPSA) is 88.2 Å². The van der Waals surface area contributed by atoms with Crippen LogP contribution in [-0.4, -0.2) is 48.8 Å². The zero-order chi connectivity index (χ0) is 18.2. The number of carbonyl (C=O) groups excluding carboxylic acids is 3. The van der Waals surface area contributed by atoms with Crippen molar-refractivity contribution in [2.45, 2.75) is 19.6 Å². The monoisotopic (exact) mass is 345 g/mol. The molecule has 2 saturated heterocycles. The first-order valence-electron chi connectivity index (χ1n) is 7.83. The standard InChI is InChI=1S/C17H19N3O5/c1-17(2)24-14(21)13(15(22)25-17)10-18-11-4-6-12(7-5-11)20-9-8-19(3)16(20)23/h4-7,10,18H,8-9H2,1-3H3. The average molecular weight is 345 g/mol. The largest absolute Gasteiger partial charge is 0.419 e. The number of benzene rings is 1. The van der Waals surface area contributed by atoms with Crippen LogP contribution < -0.4 is 10.2 Å². The number of amides is 2. The number of carbonyl (C=O) groups is 3. The first kappa shape index (κ1) is 16.8. The molecule has 2 aliphatic rings. The van der Waals surface area contributed by atoms with Gasteiger partial charge in [0.25, 0.3) is 5.79 Å². The second kappa shape index (κ2) is 6.12. The number of hydrogen-bond donors (Lipinski definition) is 1. The quantitative estimate of drug-likeness (QED) is 0.509. The van der Waals surface area contributed by atoms with Crippen molar-refractivity contribution >= 4 is 29.3 Å². The summed E-state index contributed by atoms with van der Waals surface area (Å²) in [6.07, 6.45) is 1.25. The van der Waals surface area contributed by atoms with Gasteiger partial charge in [-0.2, -0.15) is 0 Å². The summed E-state index contributed by atoms with van der Waals surface area (Å²) in [5.74, 6) is -2.74. The fourth-order valence-corrected chi connectivity index (χ4v) is 2.56. The highest BCUT2D eigenvalue weighted by atomic mass is 16.7. The molecule has 0 aromatic heterocycles. The highest BCUT2D eigenvalue weighted by Crippen LogP contribution is 2.24. The maximum absolute atomic E-state index is 12.0. The molecule has 2 aliphatic heterocycles. The molecule has 1 aromatic rings. The second-order valence-corrected chi connectivity index (χ2v) is 6.28. The van der Waals surface area contributed by atoms with Crippen LogP contribution in [0.4, 0.5) is 16.2 Å². The van der Waals surface area contributed by atoms with E-state index >= 15 is 0 Å². The Hall–Kier alpha value is -3.03. The first-order valence-corrected chi connectivity index (χ1v) is 7.83. The van der Waals surface area contributed by atoms with E-state index in [-0.39, 0.29) is 11.6 Å². The molecule has 2 amide bonds. The lowest BCUT2D eigenvalue weighted by Crippen LogP contribution is -2.42. The molecule has 0 aliphatic carbocycles. The summed E-state index contributed by atoms with van der Waals surface area (Å²) in [4.78, 5) is 39.0. The maximum Gasteiger partial charge on any atom is 0.350 e. The number of nitrogens with zero attached hydrogens (tertiary/aromatic N) is 2. The molecular weight excluding hydrogens is 326 g/mol. The van der Waals surface area contributed by atoms with Gasteiger partial charge in [0.05, 0.1) is 0 Å². The van der Waals surface area contributed by atoms with Gasteiger partial charge >= 0.3 is 18.0 Å². The van der Waals surface area contributed by atoms with Crippen LogP contribution in [0.25, 0.3) is 0 Å². The Morgan fingerprint density at radius 1 is 1.04 bits per heavy atom. The van der Waals surface area contributed by atoms with Gasteiger partial charge in [0, 0.05) is 51.6 Å². The van der Waals surface area contributed by atoms with Crippen LogP contribution >= 0.6 is 0 Å². The van der Waals surface area contributed by atoms with Gasteiger partial charge in [-0.25, -0.2) is 14.4 Å². The number of cyclic esters (lactones) is 2. The molecule has 1 aromatic carbocycles. The Bertz CT molecular complexity index is 732. The van der Waals surface area contributed by atoms with Gasteiger partial charge in [-0.15, -0.1) is 0 Å². The third-order valence-electron chi connectivity index (χ3n) is 3.90. The highest BCUT2D eigenvalue weighted by molar-refractivity contribution is 6.15. The smallest absolute Gasteiger partial charge is 0.350 e. The first-order chi connectivity index (χ1) is 11.8. The lowest BCUT2D eigenvalue weighted by atomic mass is 10.2. The normalized spacial score (nSPS) is 19.6. The van der Waals surface area contributed by atoms with Crippen LogP contribution in [0.3, 0.4) is 0 Å². The van der Waals surface area contributed by atoms with Crippen molar-refractivity contribution in [1.82, 2.24) is 4.90 Å². The van der Waals surface area contributed by atoms with Crippen LogP contribution in [0.2, 0.25) is 0 Å². The molecule has 0 saturated carbocycles. The number of esters is 2. The molecule has 0 atom stereocenters. The second-order valence-electron chi connectivity index (χ2n) is 6.28. The number of urea groups is 1. The van der Waals surface area contributed by atoms with Crippen LogP contribution in [0, 0.1) is 0 Å². The minimum atomic E-state index is -1.26. The SMILES string of the molecule is CN1CCN(c2ccc(NC=C3C(=O)OC(C)(C)OC3=O)cc2)C1=O. The number of rotatable bonds is 3. The van der Waals surface area contributed by atoms with Crippen LogP contribution in [0.15, 0.2) is 36.0 Å². The van der Waals surface area contributed by atoms with Crippen molar-refractivity contribution in [1.29, 1.82) is 0 Å². The Labute approximate surface area is 145 Å². The number of anilines is 2. The van der Waals surface area contributed by atoms with E-state index in [2.05, 4.69) is 5.32 Å². The molecule has 0 radical (unpaired) electrons. The molecule has 8 nitrogen and oxygen atoms in total. The van der Waals surface area contributed by atoms with E-state index in [0.717, 1.165) is 5.69 Å². The minimum absolute atomic E-state index is 0.0434. The molecule has 2 heterocycles. The van der Waals surface area contributed by atoms with Crippen molar-refractivity contribution in [2.75, 3.05) is 30.4 Å². The Morgan fingerprint density at radius 2 is 1.64 bits per heavy atom. The highest BCUT2D eigenvalue weighted by Gasteiger charge is 2.38. The van der Waals surface area contributed by atoms with Crippen molar-refractivity contribution in [3.63, 3.8) is 0 Å². The van der Waals surface area contributed by atoms with Gasteiger partial charge in [0.1, 0.15) is 0 Å². The molecular formula is C17H19N3O5. The molecule has 25 heavy (non-hydrogen) atoms. The minimum Gasteiger partial charge on any atom is -0.419 e. The number of ether oxygens (including phenoxy) is 2. The van der Waals surface area contributed by atoms with Crippen LogP contribution in [0.5, 0.6) is 0 Å². The molecule has 0 bridgehead atoms. The summed E-state index contributed by atoms with van der Waals surface area (Å²) in [6, 6.07) is 7.04. The number of hydrogen-bond acceptors (Lipinski definition) is 6. The van der Waals surface area contributed by atoms with E-state index in [4.69, 9.17) is 9.47 Å². The lowest BCUT2D eigenvalue weighted by Gasteiger charge is -2.29. The van der Waals surface area contributed by atoms with E-state index in [1.165, 1.54) is 20.0 Å². The summed E-state index contributed by atoms with van der Waals surface area (Å²) in [5, 5.41) is 2.86. The van der Waals surface area contributed by atoms with Crippen molar-refractivity contribution in [3.05, 3.63) is 36.0 Å². The summed E-state index contributed by atoms with van der Waals surface area (Å²) in [5.41, 5.74) is 1.23. The van der Waals surface area contributed by atoms with Gasteiger partial charge in [0.2, 0.25) is 0 Å². The maximum atomic E-state index is 12.0. The van der Waals surface area contributed by atoms with E-state index in [1.807, 2.05) is 0 Å². The molecule has 3 rings (SSSR count). The fraction of sp³-hybridized carbons (Fsp3) is 0.353. The van der Waals surface area contributed by atoms with E-state index in [0.29, 0.717) is 18.8 Å². The van der Waals surface area contributed by atoms with Crippen molar-refractivity contribution in [2.24, 2.45) is 0 Å². The molecule has 8 heteroatoms. The van der Waals surface area contributed by atoms with Crippen LogP contribution in [-0.2, 0) is 19.1 Å². The third-order valence-corrected chi connectivity index (χ3v) is 3.90. The number of likely N-dealkylation sites (N-methyl/N-ethyl adjacent to an activating group) is 1. The van der Waals surface area contributed by atoms with Gasteiger partial charge in [-0.1, -0.05) is 0 Å². The summed E-state index contributed by atoms with van der Waals surface area (Å²) in [7, 11) is 1.76. The van der Waals surface area contributed by atoms with E-state index in [9.17, 15) is 14.4 Å². The number of nitrogens with one attached hydrogen (secondary N) is 1. The zero-order valence-corrected chi connectivity index (χ0v) is 14.2. The Kier molecular flexibility index (Phi) is 4.12. The Balaban J connectivity index is 1.69. The summed E-state index contributed by atoms with van der Waals surface area (Å²) >= 11 is 0. The predicted octanol–water partition coefficient (Wildman–Crippen LogP) is 1.69. The molecule has 0 unspecified atom stereocenters. The van der Waals surface area contributed by atoms with Crippen molar-refractivity contribution in [3.8, 4) is 0 Å². The predicted molar refractivity (Wildman–Crippen MR) is 89.8 cm³/mol. The van der Waals surface area contributed by atoms with Gasteiger partial charge in [-0.3, -0.25) is 4.90 Å². The average Bonchev–Trinajstić information content (AvgIpc) is 2.86. The van der Waals surface area contributed by atoms with E-state index in [1.54, 1.807) is 41.1 Å². The van der Waals surface area contributed by atoms with Crippen molar-refractivity contribution < 1.29 is 23.9 Å². The molecule has 1 N–H and O–H groups in total.